The van der Waals surface area contributed by atoms with Gasteiger partial charge in [-0.05, 0) is 48.4 Å². The summed E-state index contributed by atoms with van der Waals surface area (Å²) in [6.07, 6.45) is 25.9. The predicted molar refractivity (Wildman–Crippen MR) is 140 cm³/mol. The molecular weight excluding hydrogens is 402 g/mol. The number of rotatable bonds is 14. The van der Waals surface area contributed by atoms with E-state index in [1.54, 1.807) is 5.56 Å². The van der Waals surface area contributed by atoms with Gasteiger partial charge in [0.2, 0.25) is 0 Å². The van der Waals surface area contributed by atoms with E-state index in [1.165, 1.54) is 112 Å². The fourth-order valence-corrected chi connectivity index (χ4v) is 5.48. The monoisotopic (exact) mass is 445 g/mol. The summed E-state index contributed by atoms with van der Waals surface area (Å²) in [6.45, 7) is 2.92. The zero-order valence-electron chi connectivity index (χ0n) is 20.7. The molecule has 33 heavy (non-hydrogen) atoms. The molecule has 1 aromatic heterocycles. The van der Waals surface area contributed by atoms with Crippen LogP contribution in [0.25, 0.3) is 11.8 Å². The maximum absolute atomic E-state index is 6.31. The number of unbranched alkanes of at least 4 members (excludes halogenated alkanes) is 9. The number of hydrogen-bond acceptors (Lipinski definition) is 1. The second-order valence-corrected chi connectivity index (χ2v) is 9.98. The Morgan fingerprint density at radius 2 is 1.64 bits per heavy atom. The first-order valence-corrected chi connectivity index (χ1v) is 13.7. The third-order valence-corrected chi connectivity index (χ3v) is 7.36. The lowest BCUT2D eigenvalue weighted by molar-refractivity contribution is 0.262. The Morgan fingerprint density at radius 3 is 2.39 bits per heavy atom. The smallest absolute Gasteiger partial charge is 0.143 e. The molecule has 178 valence electrons. The highest BCUT2D eigenvalue weighted by molar-refractivity contribution is 5.57. The van der Waals surface area contributed by atoms with Crippen LogP contribution >= 0.6 is 0 Å². The van der Waals surface area contributed by atoms with E-state index in [2.05, 4.69) is 60.5 Å². The number of aromatic amines is 1. The molecule has 1 atom stereocenters. The van der Waals surface area contributed by atoms with Gasteiger partial charge in [-0.15, -0.1) is 0 Å². The summed E-state index contributed by atoms with van der Waals surface area (Å²) in [5.74, 6) is 1.54. The van der Waals surface area contributed by atoms with Gasteiger partial charge in [0, 0.05) is 11.3 Å². The van der Waals surface area contributed by atoms with Crippen molar-refractivity contribution in [3.05, 3.63) is 69.9 Å². The van der Waals surface area contributed by atoms with Crippen LogP contribution in [-0.4, -0.2) is 4.98 Å². The van der Waals surface area contributed by atoms with Gasteiger partial charge in [-0.3, -0.25) is 0 Å². The molecule has 1 unspecified atom stereocenters. The first-order valence-electron chi connectivity index (χ1n) is 13.7. The Kier molecular flexibility index (Phi) is 9.33. The highest BCUT2D eigenvalue weighted by Crippen LogP contribution is 2.29. The van der Waals surface area contributed by atoms with Gasteiger partial charge in [0.15, 0.2) is 0 Å². The van der Waals surface area contributed by atoms with Crippen molar-refractivity contribution in [3.63, 3.8) is 0 Å². The van der Waals surface area contributed by atoms with Crippen molar-refractivity contribution in [2.45, 2.75) is 109 Å². The molecule has 0 saturated heterocycles. The maximum Gasteiger partial charge on any atom is 0.143 e. The lowest BCUT2D eigenvalue weighted by atomic mass is 9.86. The Hall–Kier alpha value is -2.22. The van der Waals surface area contributed by atoms with Crippen LogP contribution in [0.15, 0.2) is 42.5 Å². The van der Waals surface area contributed by atoms with E-state index in [-0.39, 0.29) is 0 Å². The molecule has 2 aromatic rings. The molecule has 1 aromatic carbocycles. The van der Waals surface area contributed by atoms with Crippen LogP contribution in [0.2, 0.25) is 0 Å². The first-order chi connectivity index (χ1) is 16.4. The summed E-state index contributed by atoms with van der Waals surface area (Å²) in [6, 6.07) is 10.5. The summed E-state index contributed by atoms with van der Waals surface area (Å²) in [4.78, 5) is 3.74. The van der Waals surface area contributed by atoms with Gasteiger partial charge in [0.05, 0.1) is 5.35 Å². The third kappa shape index (κ3) is 6.65. The fraction of sp³-hybridized carbons (Fsp3) is 0.548. The lowest BCUT2D eigenvalue weighted by Crippen LogP contribution is -2.21. The Balaban J connectivity index is 1.34. The number of nitrogens with one attached hydrogen (secondary N) is 1. The highest BCUT2D eigenvalue weighted by atomic mass is 16.5. The van der Waals surface area contributed by atoms with Gasteiger partial charge in [0.25, 0.3) is 0 Å². The molecule has 2 aliphatic rings. The maximum atomic E-state index is 6.31. The van der Waals surface area contributed by atoms with Crippen molar-refractivity contribution in [2.75, 3.05) is 0 Å². The molecule has 0 amide bonds. The Morgan fingerprint density at radius 1 is 0.909 bits per heavy atom. The summed E-state index contributed by atoms with van der Waals surface area (Å²) in [5.41, 5.74) is 4.30. The summed E-state index contributed by atoms with van der Waals surface area (Å²) >= 11 is 0. The summed E-state index contributed by atoms with van der Waals surface area (Å²) in [5, 5.41) is 2.59. The third-order valence-electron chi connectivity index (χ3n) is 7.36. The fourth-order valence-electron chi connectivity index (χ4n) is 5.48. The van der Waals surface area contributed by atoms with Gasteiger partial charge < -0.3 is 9.72 Å². The second-order valence-electron chi connectivity index (χ2n) is 9.98. The van der Waals surface area contributed by atoms with Crippen molar-refractivity contribution >= 4 is 11.8 Å². The number of aromatic nitrogens is 1. The van der Waals surface area contributed by atoms with E-state index in [4.69, 9.17) is 4.74 Å². The normalized spacial score (nSPS) is 16.9. The van der Waals surface area contributed by atoms with Crippen molar-refractivity contribution in [2.24, 2.45) is 0 Å². The molecule has 0 bridgehead atoms. The molecule has 0 fully saturated rings. The number of allylic oxidation sites excluding steroid dienone is 1. The standard InChI is InChI=1S/C31H43NO/c1-2-3-4-5-6-7-8-9-10-14-19-26-22-23-29(33-24-25-17-12-11-13-18-25)31-30(26)27-20-15-16-21-28(27)32-31/h11-13,17-18,21-23,26,32H,2-10,14-16,19-20,24H2,1H3. The number of ether oxygens (including phenoxy) is 1. The van der Waals surface area contributed by atoms with Crippen LogP contribution in [0.1, 0.15) is 113 Å². The number of hydrogen-bond donors (Lipinski definition) is 1. The molecule has 1 N–H and O–H groups in total. The van der Waals surface area contributed by atoms with Gasteiger partial charge in [0.1, 0.15) is 12.4 Å². The zero-order valence-corrected chi connectivity index (χ0v) is 20.7. The minimum Gasteiger partial charge on any atom is -0.487 e. The van der Waals surface area contributed by atoms with Crippen molar-refractivity contribution < 1.29 is 4.74 Å². The van der Waals surface area contributed by atoms with Gasteiger partial charge in [-0.25, -0.2) is 0 Å². The highest BCUT2D eigenvalue weighted by Gasteiger charge is 2.23. The molecule has 0 saturated carbocycles. The second kappa shape index (κ2) is 12.9. The molecule has 2 aliphatic carbocycles. The number of benzene rings is 1. The van der Waals surface area contributed by atoms with Crippen LogP contribution in [0.5, 0.6) is 0 Å². The first kappa shape index (κ1) is 23.9. The topological polar surface area (TPSA) is 25.0 Å². The Bertz CT molecular complexity index is 998. The van der Waals surface area contributed by atoms with Crippen molar-refractivity contribution in [3.8, 4) is 0 Å². The van der Waals surface area contributed by atoms with Crippen molar-refractivity contribution in [1.82, 2.24) is 4.98 Å². The average molecular weight is 446 g/mol. The molecule has 2 nitrogen and oxygen atoms in total. The van der Waals surface area contributed by atoms with E-state index in [9.17, 15) is 0 Å². The molecule has 0 aliphatic heterocycles. The SMILES string of the molecule is CCCCCCCCCCCCC1C=CC(OCc2ccccc2)=c2[nH]c3c(c21)CCCC=3. The van der Waals surface area contributed by atoms with E-state index in [0.29, 0.717) is 12.5 Å². The van der Waals surface area contributed by atoms with Crippen LogP contribution < -0.4 is 10.7 Å². The molecule has 2 heteroatoms. The predicted octanol–water partition coefficient (Wildman–Crippen LogP) is 7.42. The van der Waals surface area contributed by atoms with Gasteiger partial charge in [-0.2, -0.15) is 0 Å². The van der Waals surface area contributed by atoms with E-state index >= 15 is 0 Å². The molecule has 1 heterocycles. The molecular formula is C31H43NO. The number of H-pyrrole nitrogens is 1. The van der Waals surface area contributed by atoms with Crippen LogP contribution in [0.4, 0.5) is 0 Å². The number of fused-ring (bicyclic) bond motifs is 3. The van der Waals surface area contributed by atoms with Gasteiger partial charge >= 0.3 is 0 Å². The summed E-state index contributed by atoms with van der Waals surface area (Å²) in [7, 11) is 0. The largest absolute Gasteiger partial charge is 0.487 e. The van der Waals surface area contributed by atoms with Crippen LogP contribution in [0.3, 0.4) is 0 Å². The quantitative estimate of drug-likeness (QED) is 0.301. The molecule has 4 rings (SSSR count). The van der Waals surface area contributed by atoms with Crippen LogP contribution in [-0.2, 0) is 17.8 Å². The van der Waals surface area contributed by atoms with Gasteiger partial charge in [-0.1, -0.05) is 114 Å². The minimum atomic E-state index is 0.532. The van der Waals surface area contributed by atoms with Crippen molar-refractivity contribution in [1.29, 1.82) is 0 Å². The lowest BCUT2D eigenvalue weighted by Gasteiger charge is -2.20. The summed E-state index contributed by atoms with van der Waals surface area (Å²) < 4.78 is 6.31. The zero-order chi connectivity index (χ0) is 22.7. The molecule has 0 radical (unpaired) electrons. The van der Waals surface area contributed by atoms with E-state index in [1.807, 2.05) is 0 Å². The Labute approximate surface area is 200 Å². The van der Waals surface area contributed by atoms with E-state index < -0.39 is 0 Å². The molecule has 0 spiro atoms. The minimum absolute atomic E-state index is 0.532. The van der Waals surface area contributed by atoms with E-state index in [0.717, 1.165) is 5.76 Å². The van der Waals surface area contributed by atoms with Crippen LogP contribution in [0, 0.1) is 0 Å². The average Bonchev–Trinajstić information content (AvgIpc) is 3.25.